The van der Waals surface area contributed by atoms with Crippen molar-refractivity contribution in [1.29, 1.82) is 0 Å². The van der Waals surface area contributed by atoms with Gasteiger partial charge in [-0.1, -0.05) is 0 Å². The number of rotatable bonds is 3. The fourth-order valence-electron chi connectivity index (χ4n) is 3.11. The fraction of sp³-hybridized carbons (Fsp3) is 0.467. The number of piperidine rings is 1. The number of nitrogens with zero attached hydrogens (tertiary/aromatic N) is 1. The van der Waals surface area contributed by atoms with Gasteiger partial charge in [-0.05, 0) is 55.6 Å². The molecule has 1 saturated heterocycles. The Balaban J connectivity index is 1.78. The number of benzene rings is 1. The number of H-pyrrole nitrogens is 1. The van der Waals surface area contributed by atoms with Crippen molar-refractivity contribution in [2.75, 3.05) is 26.2 Å². The first-order chi connectivity index (χ1) is 9.28. The number of nitrogens with two attached hydrogens (primary N) is 1. The Morgan fingerprint density at radius 1 is 1.32 bits per heavy atom. The summed E-state index contributed by atoms with van der Waals surface area (Å²) in [5.41, 5.74) is 7.83. The smallest absolute Gasteiger partial charge is 0.125 e. The minimum atomic E-state index is -0.182. The van der Waals surface area contributed by atoms with Gasteiger partial charge in [-0.3, -0.25) is 0 Å². The second-order valence-corrected chi connectivity index (χ2v) is 5.34. The standard InChI is InChI=1S/C15H20FN3/c16-12-1-2-13-14(10-18-15(13)9-12)11-3-6-19(7-4-11)8-5-17/h1-2,9-11,18H,3-8,17H2. The van der Waals surface area contributed by atoms with Crippen molar-refractivity contribution in [2.24, 2.45) is 5.73 Å². The number of hydrogen-bond acceptors (Lipinski definition) is 2. The molecule has 1 aromatic heterocycles. The number of aromatic amines is 1. The molecular weight excluding hydrogens is 241 g/mol. The van der Waals surface area contributed by atoms with Crippen LogP contribution in [0.2, 0.25) is 0 Å². The minimum absolute atomic E-state index is 0.182. The van der Waals surface area contributed by atoms with Crippen LogP contribution < -0.4 is 5.73 Å². The van der Waals surface area contributed by atoms with E-state index in [0.29, 0.717) is 5.92 Å². The van der Waals surface area contributed by atoms with Crippen LogP contribution in [0.5, 0.6) is 0 Å². The zero-order chi connectivity index (χ0) is 13.2. The van der Waals surface area contributed by atoms with Crippen LogP contribution in [0.4, 0.5) is 4.39 Å². The van der Waals surface area contributed by atoms with Crippen LogP contribution in [0.25, 0.3) is 10.9 Å². The van der Waals surface area contributed by atoms with Crippen molar-refractivity contribution in [3.63, 3.8) is 0 Å². The summed E-state index contributed by atoms with van der Waals surface area (Å²) in [4.78, 5) is 5.61. The molecule has 3 N–H and O–H groups in total. The lowest BCUT2D eigenvalue weighted by Crippen LogP contribution is -2.36. The first kappa shape index (κ1) is 12.6. The van der Waals surface area contributed by atoms with Crippen LogP contribution in [0, 0.1) is 5.82 Å². The second-order valence-electron chi connectivity index (χ2n) is 5.34. The van der Waals surface area contributed by atoms with Crippen molar-refractivity contribution >= 4 is 10.9 Å². The zero-order valence-electron chi connectivity index (χ0n) is 11.0. The molecule has 1 fully saturated rings. The number of fused-ring (bicyclic) bond motifs is 1. The Bertz CT molecular complexity index is 556. The summed E-state index contributed by atoms with van der Waals surface area (Å²) in [7, 11) is 0. The lowest BCUT2D eigenvalue weighted by molar-refractivity contribution is 0.218. The van der Waals surface area contributed by atoms with Gasteiger partial charge in [0.05, 0.1) is 0 Å². The zero-order valence-corrected chi connectivity index (χ0v) is 11.0. The molecule has 0 unspecified atom stereocenters. The Hall–Kier alpha value is -1.39. The maximum Gasteiger partial charge on any atom is 0.125 e. The van der Waals surface area contributed by atoms with Crippen LogP contribution in [0.3, 0.4) is 0 Å². The van der Waals surface area contributed by atoms with Crippen LogP contribution in [0.1, 0.15) is 24.3 Å². The molecule has 0 amide bonds. The Kier molecular flexibility index (Phi) is 3.53. The molecule has 3 rings (SSSR count). The summed E-state index contributed by atoms with van der Waals surface area (Å²) >= 11 is 0. The van der Waals surface area contributed by atoms with Crippen molar-refractivity contribution in [2.45, 2.75) is 18.8 Å². The lowest BCUT2D eigenvalue weighted by Gasteiger charge is -2.31. The summed E-state index contributed by atoms with van der Waals surface area (Å²) in [6.45, 7) is 3.94. The van der Waals surface area contributed by atoms with Gasteiger partial charge in [0.25, 0.3) is 0 Å². The number of halogens is 1. The van der Waals surface area contributed by atoms with Crippen molar-refractivity contribution in [1.82, 2.24) is 9.88 Å². The molecule has 3 nitrogen and oxygen atoms in total. The molecule has 0 saturated carbocycles. The first-order valence-corrected chi connectivity index (χ1v) is 6.97. The van der Waals surface area contributed by atoms with Gasteiger partial charge in [-0.25, -0.2) is 4.39 Å². The van der Waals surface area contributed by atoms with E-state index < -0.39 is 0 Å². The summed E-state index contributed by atoms with van der Waals surface area (Å²) in [5, 5.41) is 1.17. The molecule has 1 aromatic carbocycles. The van der Waals surface area contributed by atoms with Crippen LogP contribution in [-0.4, -0.2) is 36.1 Å². The molecule has 19 heavy (non-hydrogen) atoms. The number of nitrogens with one attached hydrogen (secondary N) is 1. The van der Waals surface area contributed by atoms with E-state index in [1.54, 1.807) is 12.1 Å². The van der Waals surface area contributed by atoms with Gasteiger partial charge in [0.1, 0.15) is 5.82 Å². The molecule has 2 heterocycles. The Morgan fingerprint density at radius 2 is 2.11 bits per heavy atom. The summed E-state index contributed by atoms with van der Waals surface area (Å²) in [6, 6.07) is 5.01. The molecule has 2 aromatic rings. The van der Waals surface area contributed by atoms with E-state index in [9.17, 15) is 4.39 Å². The third-order valence-electron chi connectivity index (χ3n) is 4.15. The quantitative estimate of drug-likeness (QED) is 0.891. The summed E-state index contributed by atoms with van der Waals surface area (Å²) < 4.78 is 13.2. The number of hydrogen-bond donors (Lipinski definition) is 2. The van der Waals surface area contributed by atoms with Gasteiger partial charge in [-0.2, -0.15) is 0 Å². The van der Waals surface area contributed by atoms with Gasteiger partial charge in [0.2, 0.25) is 0 Å². The largest absolute Gasteiger partial charge is 0.361 e. The highest BCUT2D eigenvalue weighted by molar-refractivity contribution is 5.83. The van der Waals surface area contributed by atoms with E-state index in [-0.39, 0.29) is 5.82 Å². The molecule has 4 heteroatoms. The average Bonchev–Trinajstić information content (AvgIpc) is 2.83. The maximum absolute atomic E-state index is 13.2. The van der Waals surface area contributed by atoms with Crippen molar-refractivity contribution in [3.8, 4) is 0 Å². The second kappa shape index (κ2) is 5.31. The van der Waals surface area contributed by atoms with Crippen LogP contribution >= 0.6 is 0 Å². The summed E-state index contributed by atoms with van der Waals surface area (Å²) in [5.74, 6) is 0.395. The highest BCUT2D eigenvalue weighted by Crippen LogP contribution is 2.33. The van der Waals surface area contributed by atoms with Crippen molar-refractivity contribution in [3.05, 3.63) is 35.8 Å². The van der Waals surface area contributed by atoms with Gasteiger partial charge < -0.3 is 15.6 Å². The SMILES string of the molecule is NCCN1CCC(c2c[nH]c3cc(F)ccc23)CC1. The van der Waals surface area contributed by atoms with Gasteiger partial charge >= 0.3 is 0 Å². The Labute approximate surface area is 112 Å². The van der Waals surface area contributed by atoms with Crippen LogP contribution in [-0.2, 0) is 0 Å². The van der Waals surface area contributed by atoms with E-state index in [2.05, 4.69) is 9.88 Å². The third-order valence-corrected chi connectivity index (χ3v) is 4.15. The highest BCUT2D eigenvalue weighted by atomic mass is 19.1. The van der Waals surface area contributed by atoms with Gasteiger partial charge in [-0.15, -0.1) is 0 Å². The molecule has 0 bridgehead atoms. The first-order valence-electron chi connectivity index (χ1n) is 6.97. The minimum Gasteiger partial charge on any atom is -0.361 e. The van der Waals surface area contributed by atoms with Crippen molar-refractivity contribution < 1.29 is 4.39 Å². The number of likely N-dealkylation sites (tertiary alicyclic amines) is 1. The van der Waals surface area contributed by atoms with Gasteiger partial charge in [0, 0.05) is 30.2 Å². The van der Waals surface area contributed by atoms with E-state index in [1.165, 1.54) is 10.9 Å². The maximum atomic E-state index is 13.2. The molecule has 0 radical (unpaired) electrons. The number of aromatic nitrogens is 1. The third kappa shape index (κ3) is 2.51. The predicted molar refractivity (Wildman–Crippen MR) is 75.7 cm³/mol. The molecule has 1 aliphatic heterocycles. The normalized spacial score (nSPS) is 18.2. The monoisotopic (exact) mass is 261 g/mol. The van der Waals surface area contributed by atoms with E-state index in [0.717, 1.165) is 44.5 Å². The van der Waals surface area contributed by atoms with E-state index in [1.807, 2.05) is 12.3 Å². The Morgan fingerprint density at radius 3 is 2.84 bits per heavy atom. The fourth-order valence-corrected chi connectivity index (χ4v) is 3.11. The van der Waals surface area contributed by atoms with E-state index in [4.69, 9.17) is 5.73 Å². The predicted octanol–water partition coefficient (Wildman–Crippen LogP) is 2.45. The lowest BCUT2D eigenvalue weighted by atomic mass is 9.89. The molecule has 1 aliphatic rings. The topological polar surface area (TPSA) is 45.0 Å². The average molecular weight is 261 g/mol. The molecule has 0 atom stereocenters. The van der Waals surface area contributed by atoms with Crippen LogP contribution in [0.15, 0.2) is 24.4 Å². The van der Waals surface area contributed by atoms with Gasteiger partial charge in [0.15, 0.2) is 0 Å². The molecule has 0 spiro atoms. The molecular formula is C15H20FN3. The highest BCUT2D eigenvalue weighted by Gasteiger charge is 2.22. The molecule has 0 aliphatic carbocycles. The van der Waals surface area contributed by atoms with E-state index >= 15 is 0 Å². The summed E-state index contributed by atoms with van der Waals surface area (Å²) in [6.07, 6.45) is 4.36. The molecule has 102 valence electrons.